The second kappa shape index (κ2) is 3.76. The van der Waals surface area contributed by atoms with E-state index >= 15 is 0 Å². The fourth-order valence-corrected chi connectivity index (χ4v) is 2.30. The molecule has 1 aliphatic rings. The van der Waals surface area contributed by atoms with E-state index in [1.54, 1.807) is 0 Å². The number of para-hydroxylation sites is 1. The lowest BCUT2D eigenvalue weighted by Crippen LogP contribution is -2.19. The van der Waals surface area contributed by atoms with E-state index in [2.05, 4.69) is 17.2 Å². The molecular formula is C13H14N2O. The number of rotatable bonds is 1. The molecule has 82 valence electrons. The summed E-state index contributed by atoms with van der Waals surface area (Å²) in [5.41, 5.74) is 3.53. The van der Waals surface area contributed by atoms with Gasteiger partial charge >= 0.3 is 0 Å². The number of hydrogen-bond donors (Lipinski definition) is 1. The van der Waals surface area contributed by atoms with Gasteiger partial charge in [-0.15, -0.1) is 0 Å². The third kappa shape index (κ3) is 1.53. The molecule has 1 N–H and O–H groups in total. The van der Waals surface area contributed by atoms with E-state index in [0.29, 0.717) is 0 Å². The van der Waals surface area contributed by atoms with Crippen LogP contribution in [0.15, 0.2) is 36.5 Å². The van der Waals surface area contributed by atoms with Gasteiger partial charge in [-0.3, -0.25) is 0 Å². The largest absolute Gasteiger partial charge is 0.393 e. The molecule has 0 spiro atoms. The number of benzene rings is 1. The van der Waals surface area contributed by atoms with Gasteiger partial charge < -0.3 is 5.11 Å². The van der Waals surface area contributed by atoms with Crippen molar-refractivity contribution in [2.24, 2.45) is 0 Å². The van der Waals surface area contributed by atoms with Crippen LogP contribution in [0.5, 0.6) is 0 Å². The standard InChI is InChI=1S/C13H14N2O/c16-12-6-7-13-10(8-12)9-14-15(13)11-4-2-1-3-5-11/h1-5,9,12,16H,6-8H2. The molecule has 0 aliphatic heterocycles. The minimum absolute atomic E-state index is 0.194. The van der Waals surface area contributed by atoms with E-state index in [9.17, 15) is 5.11 Å². The molecular weight excluding hydrogens is 200 g/mol. The third-order valence-electron chi connectivity index (χ3n) is 3.13. The maximum Gasteiger partial charge on any atom is 0.0648 e. The van der Waals surface area contributed by atoms with Gasteiger partial charge in [0, 0.05) is 12.1 Å². The minimum Gasteiger partial charge on any atom is -0.393 e. The van der Waals surface area contributed by atoms with Gasteiger partial charge in [0.05, 0.1) is 18.0 Å². The van der Waals surface area contributed by atoms with Gasteiger partial charge in [0.1, 0.15) is 0 Å². The highest BCUT2D eigenvalue weighted by molar-refractivity contribution is 5.36. The Bertz CT molecular complexity index is 490. The first-order chi connectivity index (χ1) is 7.84. The van der Waals surface area contributed by atoms with Gasteiger partial charge in [0.15, 0.2) is 0 Å². The SMILES string of the molecule is OC1CCc2c(cnn2-c2ccccc2)C1. The Morgan fingerprint density at radius 1 is 1.25 bits per heavy atom. The number of aromatic nitrogens is 2. The van der Waals surface area contributed by atoms with Crippen molar-refractivity contribution in [1.82, 2.24) is 9.78 Å². The van der Waals surface area contributed by atoms with Crippen LogP contribution in [0.1, 0.15) is 17.7 Å². The summed E-state index contributed by atoms with van der Waals surface area (Å²) < 4.78 is 1.99. The molecule has 3 rings (SSSR count). The molecule has 1 atom stereocenters. The average molecular weight is 214 g/mol. The smallest absolute Gasteiger partial charge is 0.0648 e. The monoisotopic (exact) mass is 214 g/mol. The topological polar surface area (TPSA) is 38.1 Å². The molecule has 0 radical (unpaired) electrons. The molecule has 0 amide bonds. The molecule has 0 fully saturated rings. The van der Waals surface area contributed by atoms with Crippen LogP contribution in [0.2, 0.25) is 0 Å². The lowest BCUT2D eigenvalue weighted by molar-refractivity contribution is 0.158. The molecule has 0 bridgehead atoms. The summed E-state index contributed by atoms with van der Waals surface area (Å²) in [5, 5.41) is 14.0. The molecule has 16 heavy (non-hydrogen) atoms. The fraction of sp³-hybridized carbons (Fsp3) is 0.308. The number of aliphatic hydroxyl groups excluding tert-OH is 1. The van der Waals surface area contributed by atoms with Crippen molar-refractivity contribution in [3.05, 3.63) is 47.8 Å². The van der Waals surface area contributed by atoms with E-state index in [1.165, 1.54) is 11.3 Å². The van der Waals surface area contributed by atoms with Crippen molar-refractivity contribution in [1.29, 1.82) is 0 Å². The Morgan fingerprint density at radius 3 is 2.88 bits per heavy atom. The van der Waals surface area contributed by atoms with Gasteiger partial charge in [-0.05, 0) is 30.5 Å². The second-order valence-electron chi connectivity index (χ2n) is 4.26. The van der Waals surface area contributed by atoms with Crippen molar-refractivity contribution in [3.63, 3.8) is 0 Å². The summed E-state index contributed by atoms with van der Waals surface area (Å²) in [6.07, 6.45) is 4.17. The first-order valence-corrected chi connectivity index (χ1v) is 5.64. The van der Waals surface area contributed by atoms with Gasteiger partial charge in [-0.25, -0.2) is 4.68 Å². The summed E-state index contributed by atoms with van der Waals surface area (Å²) in [4.78, 5) is 0. The van der Waals surface area contributed by atoms with Crippen LogP contribution < -0.4 is 0 Å². The summed E-state index contributed by atoms with van der Waals surface area (Å²) >= 11 is 0. The zero-order valence-corrected chi connectivity index (χ0v) is 9.00. The quantitative estimate of drug-likeness (QED) is 0.785. The summed E-state index contributed by atoms with van der Waals surface area (Å²) in [6.45, 7) is 0. The van der Waals surface area contributed by atoms with Crippen molar-refractivity contribution < 1.29 is 5.11 Å². The van der Waals surface area contributed by atoms with Crippen LogP contribution in [0.25, 0.3) is 5.69 Å². The average Bonchev–Trinajstić information content (AvgIpc) is 2.73. The number of hydrogen-bond acceptors (Lipinski definition) is 2. The van der Waals surface area contributed by atoms with Gasteiger partial charge in [0.25, 0.3) is 0 Å². The molecule has 1 aliphatic carbocycles. The van der Waals surface area contributed by atoms with Gasteiger partial charge in [-0.2, -0.15) is 5.10 Å². The van der Waals surface area contributed by atoms with Gasteiger partial charge in [0.2, 0.25) is 0 Å². The van der Waals surface area contributed by atoms with Crippen LogP contribution in [0, 0.1) is 0 Å². The molecule has 1 heterocycles. The van der Waals surface area contributed by atoms with E-state index in [-0.39, 0.29) is 6.10 Å². The first kappa shape index (κ1) is 9.60. The molecule has 1 aromatic heterocycles. The lowest BCUT2D eigenvalue weighted by Gasteiger charge is -2.18. The van der Waals surface area contributed by atoms with Crippen molar-refractivity contribution in [2.75, 3.05) is 0 Å². The molecule has 0 saturated heterocycles. The minimum atomic E-state index is -0.194. The molecule has 3 nitrogen and oxygen atoms in total. The molecule has 1 aromatic carbocycles. The fourth-order valence-electron chi connectivity index (χ4n) is 2.30. The van der Waals surface area contributed by atoms with Crippen molar-refractivity contribution in [3.8, 4) is 5.69 Å². The van der Waals surface area contributed by atoms with Crippen LogP contribution in [-0.4, -0.2) is 21.0 Å². The van der Waals surface area contributed by atoms with Crippen molar-refractivity contribution in [2.45, 2.75) is 25.4 Å². The predicted molar refractivity (Wildman–Crippen MR) is 61.6 cm³/mol. The third-order valence-corrected chi connectivity index (χ3v) is 3.13. The zero-order valence-electron chi connectivity index (χ0n) is 9.00. The molecule has 3 heteroatoms. The Balaban J connectivity index is 2.04. The Hall–Kier alpha value is -1.61. The number of nitrogens with zero attached hydrogens (tertiary/aromatic N) is 2. The van der Waals surface area contributed by atoms with Crippen LogP contribution in [0.3, 0.4) is 0 Å². The number of fused-ring (bicyclic) bond motifs is 1. The van der Waals surface area contributed by atoms with Crippen LogP contribution in [-0.2, 0) is 12.8 Å². The van der Waals surface area contributed by atoms with E-state index in [4.69, 9.17) is 0 Å². The first-order valence-electron chi connectivity index (χ1n) is 5.64. The molecule has 0 saturated carbocycles. The molecule has 1 unspecified atom stereocenters. The highest BCUT2D eigenvalue weighted by atomic mass is 16.3. The highest BCUT2D eigenvalue weighted by Crippen LogP contribution is 2.23. The lowest BCUT2D eigenvalue weighted by atomic mass is 9.95. The van der Waals surface area contributed by atoms with Gasteiger partial charge in [-0.1, -0.05) is 18.2 Å². The Morgan fingerprint density at radius 2 is 2.06 bits per heavy atom. The zero-order chi connectivity index (χ0) is 11.0. The van der Waals surface area contributed by atoms with Crippen LogP contribution >= 0.6 is 0 Å². The van der Waals surface area contributed by atoms with E-state index < -0.39 is 0 Å². The predicted octanol–water partition coefficient (Wildman–Crippen LogP) is 1.72. The maximum atomic E-state index is 9.60. The van der Waals surface area contributed by atoms with Crippen LogP contribution in [0.4, 0.5) is 0 Å². The summed E-state index contributed by atoms with van der Waals surface area (Å²) in [5.74, 6) is 0. The molecule has 2 aromatic rings. The summed E-state index contributed by atoms with van der Waals surface area (Å²) in [6, 6.07) is 10.1. The van der Waals surface area contributed by atoms with E-state index in [0.717, 1.165) is 24.9 Å². The second-order valence-corrected chi connectivity index (χ2v) is 4.26. The summed E-state index contributed by atoms with van der Waals surface area (Å²) in [7, 11) is 0. The maximum absolute atomic E-state index is 9.60. The number of aliphatic hydroxyl groups is 1. The van der Waals surface area contributed by atoms with E-state index in [1.807, 2.05) is 29.1 Å². The Labute approximate surface area is 94.3 Å². The highest BCUT2D eigenvalue weighted by Gasteiger charge is 2.20. The van der Waals surface area contributed by atoms with Crippen molar-refractivity contribution >= 4 is 0 Å². The normalized spacial score (nSPS) is 19.4. The Kier molecular flexibility index (Phi) is 2.26.